The van der Waals surface area contributed by atoms with Crippen LogP contribution in [-0.4, -0.2) is 22.4 Å². The summed E-state index contributed by atoms with van der Waals surface area (Å²) in [5.41, 5.74) is 0.933. The zero-order chi connectivity index (χ0) is 29.2. The van der Waals surface area contributed by atoms with Crippen LogP contribution in [0.1, 0.15) is 0 Å². The zero-order valence-corrected chi connectivity index (χ0v) is 24.6. The fraction of sp³-hybridized carbons (Fsp3) is 0.0556. The van der Waals surface area contributed by atoms with E-state index in [-0.39, 0.29) is 0 Å². The first-order chi connectivity index (χ1) is 20.5. The normalized spacial score (nSPS) is 19.2. The lowest BCUT2D eigenvalue weighted by molar-refractivity contribution is 0.0463. The van der Waals surface area contributed by atoms with Crippen LogP contribution < -0.4 is 21.2 Å². The van der Waals surface area contributed by atoms with Crippen molar-refractivity contribution in [1.29, 1.82) is 0 Å². The Kier molecular flexibility index (Phi) is 8.71. The van der Waals surface area contributed by atoms with Crippen LogP contribution in [-0.2, 0) is 9.13 Å². The van der Waals surface area contributed by atoms with Crippen molar-refractivity contribution < 1.29 is 19.3 Å². The molecule has 208 valence electrons. The summed E-state index contributed by atoms with van der Waals surface area (Å²) in [7, 11) is -6.81. The van der Waals surface area contributed by atoms with Gasteiger partial charge in [0, 0.05) is 33.1 Å². The fourth-order valence-electron chi connectivity index (χ4n) is 5.67. The van der Waals surface area contributed by atoms with Gasteiger partial charge in [-0.2, -0.15) is 0 Å². The second-order valence-electron chi connectivity index (χ2n) is 10.2. The van der Waals surface area contributed by atoms with Gasteiger partial charge in [-0.15, -0.1) is 0 Å². The average molecular weight is 589 g/mol. The summed E-state index contributed by atoms with van der Waals surface area (Å²) in [6.45, 7) is 0. The van der Waals surface area contributed by atoms with Crippen LogP contribution >= 0.6 is 14.3 Å². The van der Waals surface area contributed by atoms with Crippen LogP contribution in [0.15, 0.2) is 121 Å². The van der Waals surface area contributed by atoms with Crippen LogP contribution in [0.25, 0.3) is 0 Å². The second kappa shape index (κ2) is 12.5. The van der Waals surface area contributed by atoms with E-state index in [1.165, 1.54) is 0 Å². The lowest BCUT2D eigenvalue weighted by Gasteiger charge is -2.37. The Morgan fingerprint density at radius 2 is 0.667 bits per heavy atom. The maximum atomic E-state index is 15.1. The molecule has 0 spiro atoms. The van der Waals surface area contributed by atoms with Gasteiger partial charge in [0.05, 0.1) is 23.5 Å². The minimum atomic E-state index is -3.40. The summed E-state index contributed by atoms with van der Waals surface area (Å²) in [4.78, 5) is 0. The number of hydrogen-bond donors (Lipinski definition) is 2. The van der Waals surface area contributed by atoms with Gasteiger partial charge in [-0.05, 0) is 38.5 Å². The topological polar surface area (TPSA) is 74.6 Å². The minimum Gasteiger partial charge on any atom is -0.390 e. The summed E-state index contributed by atoms with van der Waals surface area (Å²) in [6.07, 6.45) is 7.60. The zero-order valence-electron chi connectivity index (χ0n) is 22.8. The standard InChI is InChI=1S/C36H30O4P2/c37-35(31-23-13-25-33(31)41(39,27-15-5-1-6-16-27)28-17-7-2-8-18-28)36(38)32-24-14-26-34(32)42(40,29-19-9-3-10-20-29)30-21-11-4-12-22-30/h1-26,35-38H/t35-,36+. The van der Waals surface area contributed by atoms with Crippen LogP contribution in [0, 0.1) is 61.7 Å². The molecule has 0 heterocycles. The van der Waals surface area contributed by atoms with E-state index >= 15 is 9.13 Å². The van der Waals surface area contributed by atoms with E-state index < -0.39 is 26.5 Å². The Labute approximate surface area is 249 Å². The molecule has 0 bridgehead atoms. The van der Waals surface area contributed by atoms with Crippen molar-refractivity contribution in [1.82, 2.24) is 0 Å². The van der Waals surface area contributed by atoms with Crippen molar-refractivity contribution >= 4 is 35.5 Å². The third-order valence-corrected chi connectivity index (χ3v) is 14.0. The molecule has 0 aromatic heterocycles. The van der Waals surface area contributed by atoms with Crippen molar-refractivity contribution in [2.45, 2.75) is 12.2 Å². The summed E-state index contributed by atoms with van der Waals surface area (Å²) < 4.78 is 30.1. The maximum absolute atomic E-state index is 15.1. The molecule has 42 heavy (non-hydrogen) atoms. The van der Waals surface area contributed by atoms with Gasteiger partial charge in [-0.3, -0.25) is 0 Å². The molecule has 2 N–H and O–H groups in total. The number of hydrogen-bond acceptors (Lipinski definition) is 4. The van der Waals surface area contributed by atoms with Crippen LogP contribution in [0.5, 0.6) is 0 Å². The summed E-state index contributed by atoms with van der Waals surface area (Å²) in [6, 6.07) is 36.9. The first kappa shape index (κ1) is 29.3. The van der Waals surface area contributed by atoms with Gasteiger partial charge in [0.1, 0.15) is 0 Å². The fourth-order valence-corrected chi connectivity index (χ4v) is 11.5. The Morgan fingerprint density at radius 3 is 0.929 bits per heavy atom. The molecule has 0 saturated heterocycles. The molecule has 2 aliphatic rings. The van der Waals surface area contributed by atoms with Crippen molar-refractivity contribution in [3.63, 3.8) is 0 Å². The number of aliphatic hydroxyl groups excluding tert-OH is 2. The molecule has 4 aromatic rings. The van der Waals surface area contributed by atoms with E-state index in [4.69, 9.17) is 0 Å². The van der Waals surface area contributed by atoms with E-state index in [1.54, 1.807) is 38.5 Å². The first-order valence-corrected chi connectivity index (χ1v) is 17.2. The highest BCUT2D eigenvalue weighted by Crippen LogP contribution is 2.66. The molecule has 6 heteroatoms. The highest BCUT2D eigenvalue weighted by Gasteiger charge is 2.54. The van der Waals surface area contributed by atoms with Gasteiger partial charge in [0.15, 0.2) is 14.3 Å². The molecular weight excluding hydrogens is 558 g/mol. The van der Waals surface area contributed by atoms with E-state index in [0.29, 0.717) is 44.4 Å². The quantitative estimate of drug-likeness (QED) is 0.264. The van der Waals surface area contributed by atoms with Gasteiger partial charge in [-0.1, -0.05) is 121 Å². The number of aliphatic hydroxyl groups is 2. The lowest BCUT2D eigenvalue weighted by atomic mass is 9.87. The van der Waals surface area contributed by atoms with Gasteiger partial charge in [0.2, 0.25) is 0 Å². The van der Waals surface area contributed by atoms with Gasteiger partial charge in [-0.25, -0.2) is 0 Å². The van der Waals surface area contributed by atoms with Crippen molar-refractivity contribution in [3.8, 4) is 0 Å². The van der Waals surface area contributed by atoms with E-state index in [2.05, 4.69) is 0 Å². The largest absolute Gasteiger partial charge is 0.390 e. The SMILES string of the molecule is O=P([C]1[CH][CH][CH][C]1[C@@H](O)[C@@H](O)[C]1[CH][CH][CH][C]1P(=O)(c1ccccc1)c1ccccc1)(c1ccccc1)c1ccccc1. The van der Waals surface area contributed by atoms with Crippen molar-refractivity contribution in [2.75, 3.05) is 0 Å². The molecule has 2 fully saturated rings. The molecular formula is C36H30O4P2. The predicted molar refractivity (Wildman–Crippen MR) is 170 cm³/mol. The van der Waals surface area contributed by atoms with E-state index in [9.17, 15) is 10.2 Å². The van der Waals surface area contributed by atoms with Gasteiger partial charge < -0.3 is 19.3 Å². The third kappa shape index (κ3) is 5.18. The Bertz CT molecular complexity index is 1340. The second-order valence-corrected chi connectivity index (χ2v) is 15.6. The molecule has 4 aromatic carbocycles. The minimum absolute atomic E-state index is 0.375. The maximum Gasteiger partial charge on any atom is 0.151 e. The third-order valence-electron chi connectivity index (χ3n) is 7.75. The van der Waals surface area contributed by atoms with Crippen LogP contribution in [0.4, 0.5) is 0 Å². The summed E-state index contributed by atoms with van der Waals surface area (Å²) in [5.74, 6) is 0.750. The molecule has 0 amide bonds. The summed E-state index contributed by atoms with van der Waals surface area (Å²) >= 11 is 0. The van der Waals surface area contributed by atoms with Crippen LogP contribution in [0.3, 0.4) is 0 Å². The summed E-state index contributed by atoms with van der Waals surface area (Å²) in [5, 5.41) is 26.1. The Hall–Kier alpha value is -2.74. The van der Waals surface area contributed by atoms with Crippen molar-refractivity contribution in [2.24, 2.45) is 0 Å². The van der Waals surface area contributed by atoms with E-state index in [1.807, 2.05) is 121 Å². The lowest BCUT2D eigenvalue weighted by Crippen LogP contribution is -2.41. The predicted octanol–water partition coefficient (Wildman–Crippen LogP) is 5.20. The van der Waals surface area contributed by atoms with Crippen molar-refractivity contribution in [3.05, 3.63) is 183 Å². The van der Waals surface area contributed by atoms with Crippen LogP contribution in [0.2, 0.25) is 0 Å². The average Bonchev–Trinajstić information content (AvgIpc) is 3.76. The van der Waals surface area contributed by atoms with Gasteiger partial charge >= 0.3 is 0 Å². The first-order valence-electron chi connectivity index (χ1n) is 13.8. The molecule has 4 nitrogen and oxygen atoms in total. The molecule has 2 aliphatic carbocycles. The molecule has 6 rings (SSSR count). The monoisotopic (exact) mass is 588 g/mol. The molecule has 2 saturated carbocycles. The van der Waals surface area contributed by atoms with Gasteiger partial charge in [0.25, 0.3) is 0 Å². The number of benzene rings is 4. The van der Waals surface area contributed by atoms with E-state index in [0.717, 1.165) is 0 Å². The number of rotatable bonds is 9. The Balaban J connectivity index is 1.35. The highest BCUT2D eigenvalue weighted by atomic mass is 31.2. The smallest absolute Gasteiger partial charge is 0.151 e. The Morgan fingerprint density at radius 1 is 0.405 bits per heavy atom. The molecule has 10 radical (unpaired) electrons. The molecule has 0 aliphatic heterocycles. The molecule has 0 unspecified atom stereocenters. The molecule has 2 atom stereocenters. The highest BCUT2D eigenvalue weighted by molar-refractivity contribution is 7.82.